The van der Waals surface area contributed by atoms with Crippen LogP contribution in [0.1, 0.15) is 5.56 Å². The van der Waals surface area contributed by atoms with Crippen molar-refractivity contribution in [3.63, 3.8) is 0 Å². The molecule has 1 rings (SSSR count). The molecule has 0 aliphatic rings. The summed E-state index contributed by atoms with van der Waals surface area (Å²) in [5.41, 5.74) is 0.792. The second kappa shape index (κ2) is 4.86. The van der Waals surface area contributed by atoms with Crippen LogP contribution < -0.4 is 4.74 Å². The van der Waals surface area contributed by atoms with E-state index < -0.39 is 5.97 Å². The van der Waals surface area contributed by atoms with E-state index in [9.17, 15) is 4.79 Å². The van der Waals surface area contributed by atoms with Crippen molar-refractivity contribution in [3.05, 3.63) is 35.7 Å². The molecule has 0 atom stereocenters. The minimum absolute atomic E-state index is 0.146. The molecule has 75 valence electrons. The predicted octanol–water partition coefficient (Wildman–Crippen LogP) is 2.07. The van der Waals surface area contributed by atoms with Crippen molar-refractivity contribution in [2.75, 3.05) is 13.7 Å². The highest BCUT2D eigenvalue weighted by Gasteiger charge is 2.05. The molecule has 0 aromatic heterocycles. The fourth-order valence-corrected chi connectivity index (χ4v) is 1.11. The summed E-state index contributed by atoms with van der Waals surface area (Å²) in [6, 6.07) is 5.07. The number of esters is 1. The number of benzene rings is 1. The van der Waals surface area contributed by atoms with Gasteiger partial charge in [0.2, 0.25) is 0 Å². The summed E-state index contributed by atoms with van der Waals surface area (Å²) < 4.78 is 9.53. The van der Waals surface area contributed by atoms with Crippen LogP contribution >= 0.6 is 11.6 Å². The van der Waals surface area contributed by atoms with E-state index in [-0.39, 0.29) is 6.61 Å². The molecule has 0 unspecified atom stereocenters. The van der Waals surface area contributed by atoms with Gasteiger partial charge in [-0.3, -0.25) is 0 Å². The van der Waals surface area contributed by atoms with E-state index in [0.29, 0.717) is 10.8 Å². The van der Waals surface area contributed by atoms with Crippen LogP contribution in [0.4, 0.5) is 0 Å². The molecule has 14 heavy (non-hydrogen) atoms. The minimum atomic E-state index is -0.445. The first kappa shape index (κ1) is 10.9. The number of hydrogen-bond acceptors (Lipinski definition) is 3. The maximum Gasteiger partial charge on any atom is 0.343 e. The Kier molecular flexibility index (Phi) is 3.77. The summed E-state index contributed by atoms with van der Waals surface area (Å²) in [6.45, 7) is 3.56. The number of carbonyl (C=O) groups is 1. The summed E-state index contributed by atoms with van der Waals surface area (Å²) in [4.78, 5) is 10.8. The van der Waals surface area contributed by atoms with Gasteiger partial charge in [-0.2, -0.15) is 0 Å². The Morgan fingerprint density at radius 1 is 1.57 bits per heavy atom. The Morgan fingerprint density at radius 2 is 2.29 bits per heavy atom. The molecule has 1 aromatic rings. The van der Waals surface area contributed by atoms with Crippen LogP contribution in [0.2, 0.25) is 5.02 Å². The molecule has 0 bridgehead atoms. The minimum Gasteiger partial charge on any atom is -0.480 e. The maximum absolute atomic E-state index is 10.8. The Balaban J connectivity index is 2.63. The average molecular weight is 214 g/mol. The van der Waals surface area contributed by atoms with Gasteiger partial charge in [0.1, 0.15) is 5.75 Å². The maximum atomic E-state index is 10.8. The molecule has 0 N–H and O–H groups in total. The highest BCUT2D eigenvalue weighted by molar-refractivity contribution is 6.32. The van der Waals surface area contributed by atoms with Crippen LogP contribution in [0, 0.1) is 6.92 Å². The number of ether oxygens (including phenoxy) is 2. The number of carbonyl (C=O) groups excluding carboxylic acids is 1. The van der Waals surface area contributed by atoms with Gasteiger partial charge >= 0.3 is 5.97 Å². The SMILES string of the molecule is [CH2]c1ccc(OCC(=O)OC)c(Cl)c1. The zero-order valence-corrected chi connectivity index (χ0v) is 8.50. The molecular formula is C10H10ClO3. The lowest BCUT2D eigenvalue weighted by molar-refractivity contribution is -0.142. The first-order chi connectivity index (χ1) is 6.63. The van der Waals surface area contributed by atoms with Gasteiger partial charge in [-0.25, -0.2) is 4.79 Å². The van der Waals surface area contributed by atoms with E-state index in [1.807, 2.05) is 0 Å². The van der Waals surface area contributed by atoms with Gasteiger partial charge in [0.15, 0.2) is 6.61 Å². The van der Waals surface area contributed by atoms with Crippen LogP contribution in [0.5, 0.6) is 5.75 Å². The topological polar surface area (TPSA) is 35.5 Å². The largest absolute Gasteiger partial charge is 0.480 e. The number of methoxy groups -OCH3 is 1. The molecule has 0 fully saturated rings. The lowest BCUT2D eigenvalue weighted by atomic mass is 10.2. The second-order valence-corrected chi connectivity index (χ2v) is 3.04. The van der Waals surface area contributed by atoms with Crippen molar-refractivity contribution in [2.45, 2.75) is 0 Å². The summed E-state index contributed by atoms with van der Waals surface area (Å²) in [7, 11) is 1.30. The Hall–Kier alpha value is -1.22. The van der Waals surface area contributed by atoms with Crippen LogP contribution in [0.3, 0.4) is 0 Å². The van der Waals surface area contributed by atoms with E-state index in [2.05, 4.69) is 11.7 Å². The van der Waals surface area contributed by atoms with Gasteiger partial charge in [0, 0.05) is 0 Å². The van der Waals surface area contributed by atoms with E-state index in [4.69, 9.17) is 16.3 Å². The lowest BCUT2D eigenvalue weighted by Crippen LogP contribution is -2.12. The fourth-order valence-electron chi connectivity index (χ4n) is 0.857. The molecule has 0 spiro atoms. The normalized spacial score (nSPS) is 9.64. The third kappa shape index (κ3) is 2.92. The Labute approximate surface area is 87.6 Å². The summed E-state index contributed by atoms with van der Waals surface area (Å²) in [6.07, 6.45) is 0. The van der Waals surface area contributed by atoms with Gasteiger partial charge in [0.25, 0.3) is 0 Å². The van der Waals surface area contributed by atoms with Crippen molar-refractivity contribution < 1.29 is 14.3 Å². The van der Waals surface area contributed by atoms with Gasteiger partial charge in [-0.05, 0) is 24.6 Å². The van der Waals surface area contributed by atoms with Crippen molar-refractivity contribution in [2.24, 2.45) is 0 Å². The molecule has 0 aliphatic heterocycles. The highest BCUT2D eigenvalue weighted by atomic mass is 35.5. The molecule has 1 radical (unpaired) electrons. The van der Waals surface area contributed by atoms with Crippen LogP contribution in [-0.2, 0) is 9.53 Å². The molecule has 0 saturated heterocycles. The summed E-state index contributed by atoms with van der Waals surface area (Å²) in [5.74, 6) is 0.00392. The highest BCUT2D eigenvalue weighted by Crippen LogP contribution is 2.24. The zero-order chi connectivity index (χ0) is 10.6. The van der Waals surface area contributed by atoms with Crippen molar-refractivity contribution in [3.8, 4) is 5.75 Å². The molecule has 0 saturated carbocycles. The van der Waals surface area contributed by atoms with E-state index in [0.717, 1.165) is 5.56 Å². The molecule has 0 aliphatic carbocycles. The average Bonchev–Trinajstić information content (AvgIpc) is 2.16. The van der Waals surface area contributed by atoms with Gasteiger partial charge in [-0.1, -0.05) is 17.7 Å². The second-order valence-electron chi connectivity index (χ2n) is 2.63. The smallest absolute Gasteiger partial charge is 0.343 e. The first-order valence-corrected chi connectivity index (χ1v) is 4.32. The van der Waals surface area contributed by atoms with Crippen LogP contribution in [0.25, 0.3) is 0 Å². The molecular weight excluding hydrogens is 204 g/mol. The molecule has 0 heterocycles. The van der Waals surface area contributed by atoms with Crippen molar-refractivity contribution in [1.29, 1.82) is 0 Å². The van der Waals surface area contributed by atoms with Gasteiger partial charge in [0.05, 0.1) is 12.1 Å². The third-order valence-electron chi connectivity index (χ3n) is 1.57. The summed E-state index contributed by atoms with van der Waals surface area (Å²) >= 11 is 5.84. The van der Waals surface area contributed by atoms with E-state index in [1.165, 1.54) is 7.11 Å². The Bertz CT molecular complexity index is 336. The van der Waals surface area contributed by atoms with E-state index in [1.54, 1.807) is 18.2 Å². The van der Waals surface area contributed by atoms with Gasteiger partial charge < -0.3 is 9.47 Å². The van der Waals surface area contributed by atoms with Crippen LogP contribution in [0.15, 0.2) is 18.2 Å². The lowest BCUT2D eigenvalue weighted by Gasteiger charge is -2.06. The van der Waals surface area contributed by atoms with Crippen LogP contribution in [-0.4, -0.2) is 19.7 Å². The monoisotopic (exact) mass is 213 g/mol. The third-order valence-corrected chi connectivity index (χ3v) is 1.86. The fraction of sp³-hybridized carbons (Fsp3) is 0.200. The standard InChI is InChI=1S/C10H10ClO3/c1-7-3-4-9(8(11)5-7)14-6-10(12)13-2/h3-5H,1,6H2,2H3. The Morgan fingerprint density at radius 3 is 2.86 bits per heavy atom. The zero-order valence-electron chi connectivity index (χ0n) is 7.75. The van der Waals surface area contributed by atoms with Crippen molar-refractivity contribution in [1.82, 2.24) is 0 Å². The van der Waals surface area contributed by atoms with Gasteiger partial charge in [-0.15, -0.1) is 0 Å². The van der Waals surface area contributed by atoms with E-state index >= 15 is 0 Å². The first-order valence-electron chi connectivity index (χ1n) is 3.94. The molecule has 4 heteroatoms. The van der Waals surface area contributed by atoms with Crippen molar-refractivity contribution >= 4 is 17.6 Å². The number of halogens is 1. The summed E-state index contributed by atoms with van der Waals surface area (Å²) in [5, 5.41) is 0.432. The molecule has 0 amide bonds. The number of hydrogen-bond donors (Lipinski definition) is 0. The molecule has 3 nitrogen and oxygen atoms in total. The quantitative estimate of drug-likeness (QED) is 0.722. The number of rotatable bonds is 3. The predicted molar refractivity (Wildman–Crippen MR) is 53.4 cm³/mol. The molecule has 1 aromatic carbocycles.